The lowest BCUT2D eigenvalue weighted by Gasteiger charge is -2.19. The summed E-state index contributed by atoms with van der Waals surface area (Å²) in [5.41, 5.74) is 0.0816. The van der Waals surface area contributed by atoms with E-state index in [1.807, 2.05) is 0 Å². The van der Waals surface area contributed by atoms with E-state index in [1.54, 1.807) is 0 Å². The molecule has 0 fully saturated rings. The molecule has 1 amide bonds. The summed E-state index contributed by atoms with van der Waals surface area (Å²) in [6, 6.07) is 4.02. The highest BCUT2D eigenvalue weighted by Crippen LogP contribution is 2.21. The van der Waals surface area contributed by atoms with Gasteiger partial charge in [-0.2, -0.15) is 0 Å². The van der Waals surface area contributed by atoms with E-state index >= 15 is 0 Å². The zero-order chi connectivity index (χ0) is 13.7. The number of amides is 1. The maximum Gasteiger partial charge on any atom is 0.323 e. The van der Waals surface area contributed by atoms with Crippen molar-refractivity contribution in [2.24, 2.45) is 0 Å². The second-order valence-electron chi connectivity index (χ2n) is 3.47. The van der Waals surface area contributed by atoms with Crippen molar-refractivity contribution in [1.29, 1.82) is 0 Å². The molecule has 0 aliphatic rings. The summed E-state index contributed by atoms with van der Waals surface area (Å²) in [6.45, 7) is 3.06. The number of nitrogens with zero attached hydrogens (tertiary/aromatic N) is 1. The Morgan fingerprint density at radius 1 is 1.50 bits per heavy atom. The maximum absolute atomic E-state index is 13.3. The minimum Gasteiger partial charge on any atom is -0.480 e. The van der Waals surface area contributed by atoms with Gasteiger partial charge in [-0.05, 0) is 28.1 Å². The summed E-state index contributed by atoms with van der Waals surface area (Å²) in [7, 11) is 0. The maximum atomic E-state index is 13.3. The van der Waals surface area contributed by atoms with Crippen molar-refractivity contribution >= 4 is 27.8 Å². The third-order valence-corrected chi connectivity index (χ3v) is 2.95. The molecule has 0 radical (unpaired) electrons. The van der Waals surface area contributed by atoms with Gasteiger partial charge < -0.3 is 10.0 Å². The number of carbonyl (C=O) groups is 2. The number of hydrogen-bond donors (Lipinski definition) is 1. The first-order chi connectivity index (χ1) is 8.47. The summed E-state index contributed by atoms with van der Waals surface area (Å²) in [6.07, 6.45) is 1.41. The van der Waals surface area contributed by atoms with Gasteiger partial charge in [0, 0.05) is 6.54 Å². The Hall–Kier alpha value is -1.69. The first kappa shape index (κ1) is 14.4. The molecule has 0 saturated heterocycles. The van der Waals surface area contributed by atoms with Crippen LogP contribution in [0.1, 0.15) is 10.4 Å². The zero-order valence-corrected chi connectivity index (χ0v) is 11.0. The van der Waals surface area contributed by atoms with Gasteiger partial charge in [0.25, 0.3) is 5.91 Å². The minimum atomic E-state index is -1.14. The van der Waals surface area contributed by atoms with E-state index in [0.29, 0.717) is 0 Å². The van der Waals surface area contributed by atoms with Gasteiger partial charge in [-0.3, -0.25) is 9.59 Å². The SMILES string of the molecule is C=CCN(CC(=O)O)C(=O)c1cccc(F)c1Br. The molecular formula is C12H11BrFNO3. The van der Waals surface area contributed by atoms with Gasteiger partial charge in [0.15, 0.2) is 0 Å². The first-order valence-corrected chi connectivity index (χ1v) is 5.82. The summed E-state index contributed by atoms with van der Waals surface area (Å²) in [5, 5.41) is 8.72. The molecule has 0 bridgehead atoms. The van der Waals surface area contributed by atoms with E-state index in [0.717, 1.165) is 4.90 Å². The fourth-order valence-electron chi connectivity index (χ4n) is 1.38. The van der Waals surface area contributed by atoms with E-state index in [4.69, 9.17) is 5.11 Å². The molecule has 1 aromatic rings. The van der Waals surface area contributed by atoms with Crippen LogP contribution < -0.4 is 0 Å². The van der Waals surface area contributed by atoms with Crippen molar-refractivity contribution in [2.75, 3.05) is 13.1 Å². The summed E-state index contributed by atoms with van der Waals surface area (Å²) in [5.74, 6) is -2.28. The molecule has 96 valence electrons. The molecule has 0 heterocycles. The molecule has 0 saturated carbocycles. The largest absolute Gasteiger partial charge is 0.480 e. The van der Waals surface area contributed by atoms with Crippen molar-refractivity contribution in [3.63, 3.8) is 0 Å². The number of carbonyl (C=O) groups excluding carboxylic acids is 1. The molecular weight excluding hydrogens is 305 g/mol. The predicted octanol–water partition coefficient (Wildman–Crippen LogP) is 2.30. The Morgan fingerprint density at radius 2 is 2.17 bits per heavy atom. The lowest BCUT2D eigenvalue weighted by atomic mass is 10.2. The number of hydrogen-bond acceptors (Lipinski definition) is 2. The van der Waals surface area contributed by atoms with Crippen molar-refractivity contribution in [3.8, 4) is 0 Å². The van der Waals surface area contributed by atoms with Gasteiger partial charge in [-0.25, -0.2) is 4.39 Å². The smallest absolute Gasteiger partial charge is 0.323 e. The molecule has 0 spiro atoms. The molecule has 1 rings (SSSR count). The highest BCUT2D eigenvalue weighted by Gasteiger charge is 2.20. The highest BCUT2D eigenvalue weighted by atomic mass is 79.9. The number of halogens is 2. The topological polar surface area (TPSA) is 57.6 Å². The number of carboxylic acids is 1. The lowest BCUT2D eigenvalue weighted by Crippen LogP contribution is -2.36. The van der Waals surface area contributed by atoms with E-state index in [2.05, 4.69) is 22.5 Å². The molecule has 0 aliphatic carbocycles. The Kier molecular flexibility index (Phi) is 5.03. The van der Waals surface area contributed by atoms with E-state index in [1.165, 1.54) is 24.3 Å². The predicted molar refractivity (Wildman–Crippen MR) is 67.8 cm³/mol. The Labute approximate surface area is 112 Å². The number of aliphatic carboxylic acids is 1. The number of rotatable bonds is 5. The molecule has 4 nitrogen and oxygen atoms in total. The normalized spacial score (nSPS) is 9.89. The minimum absolute atomic E-state index is 0.0226. The van der Waals surface area contributed by atoms with Crippen molar-refractivity contribution in [2.45, 2.75) is 0 Å². The van der Waals surface area contributed by atoms with Crippen LogP contribution in [0.15, 0.2) is 35.3 Å². The van der Waals surface area contributed by atoms with Crippen molar-refractivity contribution < 1.29 is 19.1 Å². The Bertz CT molecular complexity index is 490. The molecule has 1 N–H and O–H groups in total. The number of carboxylic acid groups (broad SMARTS) is 1. The monoisotopic (exact) mass is 315 g/mol. The molecule has 6 heteroatoms. The zero-order valence-electron chi connectivity index (χ0n) is 9.40. The third kappa shape index (κ3) is 3.40. The quantitative estimate of drug-likeness (QED) is 0.848. The van der Waals surface area contributed by atoms with Crippen LogP contribution in [0.25, 0.3) is 0 Å². The Morgan fingerprint density at radius 3 is 2.72 bits per heavy atom. The molecule has 18 heavy (non-hydrogen) atoms. The lowest BCUT2D eigenvalue weighted by molar-refractivity contribution is -0.137. The molecule has 0 unspecified atom stereocenters. The molecule has 0 aliphatic heterocycles. The van der Waals surface area contributed by atoms with Crippen LogP contribution in [0.2, 0.25) is 0 Å². The average Bonchev–Trinajstić information content (AvgIpc) is 2.31. The van der Waals surface area contributed by atoms with Crippen LogP contribution in [0.3, 0.4) is 0 Å². The van der Waals surface area contributed by atoms with Gasteiger partial charge in [-0.15, -0.1) is 6.58 Å². The standard InChI is InChI=1S/C12H11BrFNO3/c1-2-6-15(7-10(16)17)12(18)8-4-3-5-9(14)11(8)13/h2-5H,1,6-7H2,(H,16,17). The van der Waals surface area contributed by atoms with E-state index in [-0.39, 0.29) is 16.6 Å². The van der Waals surface area contributed by atoms with Crippen LogP contribution in [0, 0.1) is 5.82 Å². The van der Waals surface area contributed by atoms with E-state index in [9.17, 15) is 14.0 Å². The molecule has 1 aromatic carbocycles. The van der Waals surface area contributed by atoms with Crippen molar-refractivity contribution in [1.82, 2.24) is 4.90 Å². The van der Waals surface area contributed by atoms with Crippen LogP contribution in [-0.2, 0) is 4.79 Å². The Balaban J connectivity index is 3.05. The van der Waals surface area contributed by atoms with Crippen LogP contribution in [0.5, 0.6) is 0 Å². The van der Waals surface area contributed by atoms with Crippen LogP contribution >= 0.6 is 15.9 Å². The van der Waals surface area contributed by atoms with Crippen molar-refractivity contribution in [3.05, 3.63) is 46.7 Å². The average molecular weight is 316 g/mol. The van der Waals surface area contributed by atoms with Gasteiger partial charge >= 0.3 is 5.97 Å². The van der Waals surface area contributed by atoms with E-state index < -0.39 is 24.2 Å². The summed E-state index contributed by atoms with van der Waals surface area (Å²) >= 11 is 2.97. The van der Waals surface area contributed by atoms with Gasteiger partial charge in [0.05, 0.1) is 10.0 Å². The van der Waals surface area contributed by atoms with Gasteiger partial charge in [0.1, 0.15) is 12.4 Å². The fraction of sp³-hybridized carbons (Fsp3) is 0.167. The number of benzene rings is 1. The highest BCUT2D eigenvalue weighted by molar-refractivity contribution is 9.10. The molecule has 0 atom stereocenters. The first-order valence-electron chi connectivity index (χ1n) is 5.03. The fourth-order valence-corrected chi connectivity index (χ4v) is 1.81. The summed E-state index contributed by atoms with van der Waals surface area (Å²) in [4.78, 5) is 23.8. The van der Waals surface area contributed by atoms with Gasteiger partial charge in [-0.1, -0.05) is 12.1 Å². The van der Waals surface area contributed by atoms with Crippen LogP contribution in [-0.4, -0.2) is 35.0 Å². The second kappa shape index (κ2) is 6.30. The summed E-state index contributed by atoms with van der Waals surface area (Å²) < 4.78 is 13.3. The third-order valence-electron chi connectivity index (χ3n) is 2.14. The van der Waals surface area contributed by atoms with Crippen LogP contribution in [0.4, 0.5) is 4.39 Å². The molecule has 0 aromatic heterocycles. The second-order valence-corrected chi connectivity index (χ2v) is 4.26. The van der Waals surface area contributed by atoms with Gasteiger partial charge in [0.2, 0.25) is 0 Å².